The molecule has 0 bridgehead atoms. The third-order valence-corrected chi connectivity index (χ3v) is 8.34. The summed E-state index contributed by atoms with van der Waals surface area (Å²) in [6.07, 6.45) is 19.9. The minimum atomic E-state index is -0.233. The second-order valence-corrected chi connectivity index (χ2v) is 13.1. The summed E-state index contributed by atoms with van der Waals surface area (Å²) in [5, 5.41) is 1.83. The number of rotatable bonds is 5. The predicted molar refractivity (Wildman–Crippen MR) is 185 cm³/mol. The molecule has 7 heterocycles. The van der Waals surface area contributed by atoms with Crippen molar-refractivity contribution in [2.45, 2.75) is 26.2 Å². The summed E-state index contributed by atoms with van der Waals surface area (Å²) in [6, 6.07) is 14.9. The van der Waals surface area contributed by atoms with E-state index in [9.17, 15) is 0 Å². The minimum absolute atomic E-state index is 0. The molecule has 254 valence electrons. The summed E-state index contributed by atoms with van der Waals surface area (Å²) in [6.45, 7) is 14.8. The topological polar surface area (TPSA) is 56.6 Å². The van der Waals surface area contributed by atoms with Gasteiger partial charge in [0.05, 0.1) is 0 Å². The number of aromatic nitrogens is 3. The number of pyridine rings is 2. The third kappa shape index (κ3) is 6.21. The molecule has 0 radical (unpaired) electrons. The molecule has 0 saturated carbocycles. The monoisotopic (exact) mass is 1010 g/mol. The van der Waals surface area contributed by atoms with Gasteiger partial charge in [0.15, 0.2) is 0 Å². The van der Waals surface area contributed by atoms with Crippen LogP contribution in [0.4, 0.5) is 23.0 Å². The van der Waals surface area contributed by atoms with Gasteiger partial charge in [0.1, 0.15) is 0 Å². The van der Waals surface area contributed by atoms with Gasteiger partial charge in [-0.3, -0.25) is 9.97 Å². The Morgan fingerprint density at radius 2 is 0.898 bits per heavy atom. The summed E-state index contributed by atoms with van der Waals surface area (Å²) < 4.78 is 2.14. The first-order chi connectivity index (χ1) is 22.5. The maximum Gasteiger partial charge on any atom is 4.00 e. The molecular weight excluding hydrogens is 977 g/mol. The van der Waals surface area contributed by atoms with Crippen LogP contribution in [0.2, 0.25) is 0 Å². The van der Waals surface area contributed by atoms with Gasteiger partial charge in [0.25, 0.3) is 0 Å². The Bertz CT molecular complexity index is 1880. The summed E-state index contributed by atoms with van der Waals surface area (Å²) in [4.78, 5) is 25.8. The van der Waals surface area contributed by atoms with Crippen molar-refractivity contribution in [2.75, 3.05) is 47.8 Å². The Morgan fingerprint density at radius 3 is 1.22 bits per heavy atom. The fraction of sp³-hybridized carbons (Fsp3) is 0.222. The van der Waals surface area contributed by atoms with Crippen molar-refractivity contribution in [3.63, 3.8) is 0 Å². The van der Waals surface area contributed by atoms with Crippen LogP contribution in [0.25, 0.3) is 27.5 Å². The molecule has 0 fully saturated rings. The van der Waals surface area contributed by atoms with Crippen LogP contribution in [0, 0.1) is 50.9 Å². The van der Waals surface area contributed by atoms with E-state index in [1.54, 1.807) is 0 Å². The first kappa shape index (κ1) is 34.9. The van der Waals surface area contributed by atoms with E-state index in [-0.39, 0.29) is 47.5 Å². The maximum absolute atomic E-state index is 4.81. The first-order valence-corrected chi connectivity index (χ1v) is 15.4. The van der Waals surface area contributed by atoms with Crippen molar-refractivity contribution in [1.82, 2.24) is 34.1 Å². The van der Waals surface area contributed by atoms with Crippen LogP contribution in [0.3, 0.4) is 0 Å². The molecule has 0 amide bonds. The van der Waals surface area contributed by atoms with E-state index in [0.717, 1.165) is 44.4 Å². The molecule has 8 rings (SSSR count). The molecule has 0 atom stereocenters. The number of fused-ring (bicyclic) bond motifs is 3. The van der Waals surface area contributed by atoms with Crippen molar-refractivity contribution in [3.05, 3.63) is 118 Å². The van der Waals surface area contributed by atoms with Crippen LogP contribution < -0.4 is 19.6 Å². The number of anilines is 4. The van der Waals surface area contributed by atoms with Gasteiger partial charge < -0.3 is 55.9 Å². The largest absolute Gasteiger partial charge is 4.00 e. The van der Waals surface area contributed by atoms with Crippen molar-refractivity contribution < 1.29 is 42.1 Å². The average molecular weight is 1010 g/mol. The molecule has 0 spiro atoms. The number of benzene rings is 1. The second-order valence-electron chi connectivity index (χ2n) is 13.1. The van der Waals surface area contributed by atoms with Crippen LogP contribution in [0.1, 0.15) is 26.3 Å². The van der Waals surface area contributed by atoms with Crippen LogP contribution in [0.15, 0.2) is 62.0 Å². The zero-order valence-electron chi connectivity index (χ0n) is 28.1. The summed E-state index contributed by atoms with van der Waals surface area (Å²) in [7, 11) is 8.03. The molecule has 1 aromatic carbocycles. The normalized spacial score (nSPS) is 17.2. The van der Waals surface area contributed by atoms with Crippen molar-refractivity contribution in [1.29, 1.82) is 0 Å². The smallest absolute Gasteiger partial charge is 0.520 e. The van der Waals surface area contributed by atoms with Crippen LogP contribution >= 0.6 is 0 Å². The molecule has 49 heavy (non-hydrogen) atoms. The quantitative estimate of drug-likeness (QED) is 0.242. The molecule has 3 aromatic heterocycles. The Morgan fingerprint density at radius 1 is 0.531 bits per heavy atom. The fourth-order valence-corrected chi connectivity index (χ4v) is 6.15. The van der Waals surface area contributed by atoms with E-state index >= 15 is 0 Å². The van der Waals surface area contributed by atoms with E-state index in [0.29, 0.717) is 11.6 Å². The Kier molecular flexibility index (Phi) is 9.31. The Hall–Kier alpha value is -3.94. The third-order valence-electron chi connectivity index (χ3n) is 8.34. The Balaban J connectivity index is 0.00000208. The zero-order valence-corrected chi connectivity index (χ0v) is 32.7. The van der Waals surface area contributed by atoms with E-state index in [1.165, 1.54) is 0 Å². The molecule has 4 aliphatic rings. The van der Waals surface area contributed by atoms with E-state index in [2.05, 4.69) is 85.1 Å². The second kappa shape index (κ2) is 13.1. The van der Waals surface area contributed by atoms with Gasteiger partial charge in [-0.1, -0.05) is 33.2 Å². The van der Waals surface area contributed by atoms with E-state index < -0.39 is 0 Å². The molecule has 0 saturated heterocycles. The summed E-state index contributed by atoms with van der Waals surface area (Å²) >= 11 is 0. The van der Waals surface area contributed by atoms with Gasteiger partial charge in [-0.2, -0.15) is 38.8 Å². The first-order valence-electron chi connectivity index (χ1n) is 15.4. The molecule has 4 aromatic rings. The van der Waals surface area contributed by atoms with Gasteiger partial charge in [-0.05, 0) is 77.8 Å². The summed E-state index contributed by atoms with van der Waals surface area (Å²) in [5.74, 6) is 1.35. The van der Waals surface area contributed by atoms with Gasteiger partial charge >= 0.3 is 42.1 Å². The molecule has 0 unspecified atom stereocenters. The zero-order chi connectivity index (χ0) is 32.6. The number of hydrogen-bond donors (Lipinski definition) is 0. The number of nitrogens with zero attached hydrogens (tertiary/aromatic N) is 11. The number of hydrogen-bond acceptors (Lipinski definition) is 10. The molecule has 0 N–H and O–H groups in total. The summed E-state index contributed by atoms with van der Waals surface area (Å²) in [5.41, 5.74) is 5.15. The molecule has 4 aliphatic heterocycles. The van der Waals surface area contributed by atoms with Crippen LogP contribution in [0.5, 0.6) is 0 Å². The molecule has 13 heteroatoms. The predicted octanol–water partition coefficient (Wildman–Crippen LogP) is 5.44. The Labute approximate surface area is 317 Å². The van der Waals surface area contributed by atoms with Crippen molar-refractivity contribution in [2.24, 2.45) is 0 Å². The van der Waals surface area contributed by atoms with Gasteiger partial charge in [0, 0.05) is 11.6 Å². The standard InChI is InChI=1S/C36H35N11.2Pt/c1-36(2,3)35-31(43-12-8-39(4)22-43)16-26(17-32(35)44-13-9-40(5)23-44)47-29-18-33(45-14-10-41(6)24-45)37-20-27(29)28-21-38-34(19-30(28)47)46-15-11-42(7)25-46;;/h8-15,20-25H,1-7H3;;/q-8;2*+4. The van der Waals surface area contributed by atoms with Gasteiger partial charge in [-0.25, -0.2) is 33.4 Å². The fourth-order valence-electron chi connectivity index (χ4n) is 6.15. The average Bonchev–Trinajstić information content (AvgIpc) is 3.87. The van der Waals surface area contributed by atoms with Gasteiger partial charge in [-0.15, -0.1) is 16.4 Å². The van der Waals surface area contributed by atoms with Crippen LogP contribution in [-0.4, -0.2) is 62.3 Å². The van der Waals surface area contributed by atoms with E-state index in [1.807, 2.05) is 121 Å². The van der Waals surface area contributed by atoms with Crippen molar-refractivity contribution >= 4 is 44.8 Å². The van der Waals surface area contributed by atoms with Crippen molar-refractivity contribution in [3.8, 4) is 5.69 Å². The molecular formula is C36H35N11Pt2. The van der Waals surface area contributed by atoms with E-state index in [4.69, 9.17) is 9.97 Å². The van der Waals surface area contributed by atoms with Crippen LogP contribution in [-0.2, 0) is 47.5 Å². The molecule has 11 nitrogen and oxygen atoms in total. The molecule has 0 aliphatic carbocycles. The maximum atomic E-state index is 4.81. The van der Waals surface area contributed by atoms with Gasteiger partial charge in [0.2, 0.25) is 0 Å². The SMILES string of the molecule is CN1C=CN(c2[c-]c3c(cn2)c2cnc(N4C=CN(C)[CH-]4)[c-]c2n3-c2[c-]c(N3C=CN(C)[CH-]3)c(C(C)(C)C)c(N3C=CN(C)[CH-]3)[c-]2)[CH-]1.[Pt+4].[Pt+4]. The minimum Gasteiger partial charge on any atom is -0.520 e.